The highest BCUT2D eigenvalue weighted by Crippen LogP contribution is 2.43. The summed E-state index contributed by atoms with van der Waals surface area (Å²) < 4.78 is 6.32. The average Bonchev–Trinajstić information content (AvgIpc) is 2.50. The molecule has 0 bridgehead atoms. The predicted octanol–water partition coefficient (Wildman–Crippen LogP) is 5.12. The molecule has 1 saturated carbocycles. The molecule has 21 heavy (non-hydrogen) atoms. The quantitative estimate of drug-likeness (QED) is 0.754. The van der Waals surface area contributed by atoms with Crippen LogP contribution < -0.4 is 5.32 Å². The van der Waals surface area contributed by atoms with Crippen molar-refractivity contribution in [1.29, 1.82) is 0 Å². The fourth-order valence-electron chi connectivity index (χ4n) is 3.53. The Hall–Kier alpha value is -0.570. The Kier molecular flexibility index (Phi) is 6.53. The summed E-state index contributed by atoms with van der Waals surface area (Å²) in [5.74, 6) is 0. The van der Waals surface area contributed by atoms with Crippen molar-refractivity contribution >= 4 is 11.6 Å². The molecular weight excluding hydrogens is 282 g/mol. The standard InChI is InChI=1S/C18H28ClNO/c1-3-14-20-17(15-10-6-7-11-16(15)19)18(21-4-2)12-8-5-9-13-18/h6-7,10-11,17,20H,3-5,8-9,12-14H2,1-2H3. The summed E-state index contributed by atoms with van der Waals surface area (Å²) in [6, 6.07) is 8.39. The molecule has 3 heteroatoms. The van der Waals surface area contributed by atoms with E-state index in [9.17, 15) is 0 Å². The van der Waals surface area contributed by atoms with Gasteiger partial charge in [-0.2, -0.15) is 0 Å². The van der Waals surface area contributed by atoms with Crippen molar-refractivity contribution in [1.82, 2.24) is 5.32 Å². The van der Waals surface area contributed by atoms with Gasteiger partial charge in [-0.25, -0.2) is 0 Å². The van der Waals surface area contributed by atoms with E-state index in [1.807, 2.05) is 12.1 Å². The van der Waals surface area contributed by atoms with E-state index in [0.717, 1.165) is 37.4 Å². The molecule has 0 aromatic heterocycles. The van der Waals surface area contributed by atoms with Crippen LogP contribution in [0.5, 0.6) is 0 Å². The van der Waals surface area contributed by atoms with Crippen molar-refractivity contribution in [2.24, 2.45) is 0 Å². The molecule has 0 heterocycles. The number of hydrogen-bond acceptors (Lipinski definition) is 2. The third-order valence-corrected chi connectivity index (χ3v) is 4.82. The third kappa shape index (κ3) is 4.00. The lowest BCUT2D eigenvalue weighted by molar-refractivity contribution is -0.0912. The molecule has 1 atom stereocenters. The monoisotopic (exact) mass is 309 g/mol. The van der Waals surface area contributed by atoms with Crippen LogP contribution in [-0.2, 0) is 4.74 Å². The van der Waals surface area contributed by atoms with E-state index < -0.39 is 0 Å². The first kappa shape index (κ1) is 16.8. The maximum atomic E-state index is 6.48. The molecule has 1 N–H and O–H groups in total. The van der Waals surface area contributed by atoms with Gasteiger partial charge in [0.15, 0.2) is 0 Å². The summed E-state index contributed by atoms with van der Waals surface area (Å²) in [6.45, 7) is 6.05. The molecule has 118 valence electrons. The highest BCUT2D eigenvalue weighted by atomic mass is 35.5. The Labute approximate surface area is 134 Å². The van der Waals surface area contributed by atoms with E-state index >= 15 is 0 Å². The van der Waals surface area contributed by atoms with E-state index in [0.29, 0.717) is 0 Å². The van der Waals surface area contributed by atoms with E-state index in [4.69, 9.17) is 16.3 Å². The summed E-state index contributed by atoms with van der Waals surface area (Å²) >= 11 is 6.48. The van der Waals surface area contributed by atoms with E-state index in [2.05, 4.69) is 31.3 Å². The van der Waals surface area contributed by atoms with Crippen LogP contribution in [0.15, 0.2) is 24.3 Å². The van der Waals surface area contributed by atoms with Gasteiger partial charge in [-0.1, -0.05) is 56.0 Å². The number of ether oxygens (including phenoxy) is 1. The van der Waals surface area contributed by atoms with Crippen LogP contribution in [0.1, 0.15) is 64.0 Å². The minimum absolute atomic E-state index is 0.104. The highest BCUT2D eigenvalue weighted by molar-refractivity contribution is 6.31. The SMILES string of the molecule is CCCNC(c1ccccc1Cl)C1(OCC)CCCCC1. The Balaban J connectivity index is 2.34. The summed E-state index contributed by atoms with van der Waals surface area (Å²) in [5.41, 5.74) is 1.08. The van der Waals surface area contributed by atoms with Gasteiger partial charge in [0.1, 0.15) is 0 Å². The average molecular weight is 310 g/mol. The lowest BCUT2D eigenvalue weighted by Gasteiger charge is -2.44. The zero-order chi connectivity index (χ0) is 15.1. The molecule has 1 aromatic rings. The molecule has 2 nitrogen and oxygen atoms in total. The summed E-state index contributed by atoms with van der Waals surface area (Å²) in [5, 5.41) is 4.56. The van der Waals surface area contributed by atoms with Crippen molar-refractivity contribution in [2.45, 2.75) is 64.0 Å². The van der Waals surface area contributed by atoms with Crippen molar-refractivity contribution in [3.63, 3.8) is 0 Å². The van der Waals surface area contributed by atoms with Crippen molar-refractivity contribution in [3.8, 4) is 0 Å². The fraction of sp³-hybridized carbons (Fsp3) is 0.667. The number of halogens is 1. The maximum Gasteiger partial charge on any atom is 0.0876 e. The van der Waals surface area contributed by atoms with Gasteiger partial charge in [0.25, 0.3) is 0 Å². The zero-order valence-electron chi connectivity index (χ0n) is 13.3. The topological polar surface area (TPSA) is 21.3 Å². The van der Waals surface area contributed by atoms with Gasteiger partial charge in [-0.15, -0.1) is 0 Å². The molecule has 1 aromatic carbocycles. The van der Waals surface area contributed by atoms with Gasteiger partial charge in [-0.05, 0) is 44.4 Å². The lowest BCUT2D eigenvalue weighted by atomic mass is 9.76. The number of hydrogen-bond donors (Lipinski definition) is 1. The Morgan fingerprint density at radius 3 is 2.52 bits per heavy atom. The van der Waals surface area contributed by atoms with E-state index in [-0.39, 0.29) is 11.6 Å². The maximum absolute atomic E-state index is 6.48. The molecule has 0 amide bonds. The molecule has 1 aliphatic carbocycles. The summed E-state index contributed by atoms with van der Waals surface area (Å²) in [7, 11) is 0. The van der Waals surface area contributed by atoms with Crippen LogP contribution in [-0.4, -0.2) is 18.8 Å². The van der Waals surface area contributed by atoms with Gasteiger partial charge in [0, 0.05) is 11.6 Å². The highest BCUT2D eigenvalue weighted by Gasteiger charge is 2.41. The van der Waals surface area contributed by atoms with Gasteiger partial charge < -0.3 is 10.1 Å². The van der Waals surface area contributed by atoms with Crippen molar-refractivity contribution < 1.29 is 4.74 Å². The van der Waals surface area contributed by atoms with Crippen LogP contribution in [0.25, 0.3) is 0 Å². The van der Waals surface area contributed by atoms with Crippen LogP contribution in [0.2, 0.25) is 5.02 Å². The number of benzene rings is 1. The summed E-state index contributed by atoms with van der Waals surface area (Å²) in [4.78, 5) is 0. The molecule has 0 radical (unpaired) electrons. The van der Waals surface area contributed by atoms with Gasteiger partial charge in [0.05, 0.1) is 11.6 Å². The zero-order valence-corrected chi connectivity index (χ0v) is 14.1. The second-order valence-corrected chi connectivity index (χ2v) is 6.37. The number of nitrogens with one attached hydrogen (secondary N) is 1. The third-order valence-electron chi connectivity index (χ3n) is 4.47. The molecule has 0 spiro atoms. The van der Waals surface area contributed by atoms with Gasteiger partial charge in [-0.3, -0.25) is 0 Å². The molecule has 1 unspecified atom stereocenters. The number of rotatable bonds is 7. The van der Waals surface area contributed by atoms with Crippen molar-refractivity contribution in [2.75, 3.05) is 13.2 Å². The molecule has 1 fully saturated rings. The Morgan fingerprint density at radius 2 is 1.90 bits per heavy atom. The van der Waals surface area contributed by atoms with Crippen LogP contribution >= 0.6 is 11.6 Å². The van der Waals surface area contributed by atoms with Crippen LogP contribution in [0, 0.1) is 0 Å². The minimum atomic E-state index is -0.104. The minimum Gasteiger partial charge on any atom is -0.373 e. The molecule has 0 aliphatic heterocycles. The molecular formula is C18H28ClNO. The largest absolute Gasteiger partial charge is 0.373 e. The second-order valence-electron chi connectivity index (χ2n) is 5.97. The van der Waals surface area contributed by atoms with Crippen molar-refractivity contribution in [3.05, 3.63) is 34.9 Å². The van der Waals surface area contributed by atoms with Crippen LogP contribution in [0.4, 0.5) is 0 Å². The van der Waals surface area contributed by atoms with E-state index in [1.54, 1.807) is 0 Å². The summed E-state index contributed by atoms with van der Waals surface area (Å²) in [6.07, 6.45) is 7.16. The lowest BCUT2D eigenvalue weighted by Crippen LogP contribution is -2.48. The van der Waals surface area contributed by atoms with Gasteiger partial charge in [0.2, 0.25) is 0 Å². The normalized spacial score (nSPS) is 19.4. The first-order valence-corrected chi connectivity index (χ1v) is 8.73. The molecule has 0 saturated heterocycles. The molecule has 2 rings (SSSR count). The van der Waals surface area contributed by atoms with Crippen LogP contribution in [0.3, 0.4) is 0 Å². The fourth-order valence-corrected chi connectivity index (χ4v) is 3.78. The van der Waals surface area contributed by atoms with Gasteiger partial charge >= 0.3 is 0 Å². The predicted molar refractivity (Wildman–Crippen MR) is 89.9 cm³/mol. The van der Waals surface area contributed by atoms with E-state index in [1.165, 1.54) is 24.8 Å². The Morgan fingerprint density at radius 1 is 1.19 bits per heavy atom. The Bertz CT molecular complexity index is 423. The second kappa shape index (κ2) is 8.17. The molecule has 1 aliphatic rings. The smallest absolute Gasteiger partial charge is 0.0876 e. The first-order valence-electron chi connectivity index (χ1n) is 8.35. The first-order chi connectivity index (χ1) is 10.2.